The molecule has 1 aromatic rings. The zero-order chi connectivity index (χ0) is 17.5. The third kappa shape index (κ3) is 3.66. The number of ether oxygens (including phenoxy) is 1. The van der Waals surface area contributed by atoms with Crippen LogP contribution >= 0.6 is 0 Å². The highest BCUT2D eigenvalue weighted by atomic mass is 19.4. The summed E-state index contributed by atoms with van der Waals surface area (Å²) in [6, 6.07) is 6.01. The standard InChI is InChI=1S/C17H21F3N2O2/c1-16(9-21,10-6-7-10)22-15(23)13-8-12(13)11-4-2-3-5-14(11)24-17(18,19)20/h2-5,10,12-13H,6-9,21H2,1H3,(H,22,23). The van der Waals surface area contributed by atoms with Crippen molar-refractivity contribution in [2.75, 3.05) is 6.54 Å². The monoisotopic (exact) mass is 342 g/mol. The maximum atomic E-state index is 12.5. The number of nitrogens with one attached hydrogen (secondary N) is 1. The third-order valence-corrected chi connectivity index (χ3v) is 4.98. The number of halogens is 3. The molecular formula is C17H21F3N2O2. The fraction of sp³-hybridized carbons (Fsp3) is 0.588. The van der Waals surface area contributed by atoms with E-state index in [2.05, 4.69) is 10.1 Å². The molecule has 2 saturated carbocycles. The van der Waals surface area contributed by atoms with Crippen LogP contribution in [0.2, 0.25) is 0 Å². The van der Waals surface area contributed by atoms with Crippen molar-refractivity contribution < 1.29 is 22.7 Å². The van der Waals surface area contributed by atoms with E-state index in [0.29, 0.717) is 24.4 Å². The molecule has 1 aromatic carbocycles. The van der Waals surface area contributed by atoms with Gasteiger partial charge >= 0.3 is 6.36 Å². The van der Waals surface area contributed by atoms with Gasteiger partial charge < -0.3 is 15.8 Å². The summed E-state index contributed by atoms with van der Waals surface area (Å²) in [5, 5.41) is 3.01. The van der Waals surface area contributed by atoms with Crippen molar-refractivity contribution in [2.45, 2.75) is 44.0 Å². The van der Waals surface area contributed by atoms with Crippen LogP contribution in [0, 0.1) is 11.8 Å². The van der Waals surface area contributed by atoms with E-state index in [1.807, 2.05) is 6.92 Å². The fourth-order valence-corrected chi connectivity index (χ4v) is 3.25. The molecule has 3 N–H and O–H groups in total. The Morgan fingerprint density at radius 2 is 2.00 bits per heavy atom. The lowest BCUT2D eigenvalue weighted by molar-refractivity contribution is -0.274. The fourth-order valence-electron chi connectivity index (χ4n) is 3.25. The van der Waals surface area contributed by atoms with Crippen LogP contribution in [-0.4, -0.2) is 24.4 Å². The molecule has 0 aliphatic heterocycles. The normalized spacial score (nSPS) is 25.7. The third-order valence-electron chi connectivity index (χ3n) is 4.98. The first-order valence-electron chi connectivity index (χ1n) is 8.10. The number of hydrogen-bond donors (Lipinski definition) is 2. The van der Waals surface area contributed by atoms with Gasteiger partial charge in [0, 0.05) is 12.5 Å². The molecule has 132 valence electrons. The van der Waals surface area contributed by atoms with Gasteiger partial charge in [-0.3, -0.25) is 4.79 Å². The number of carbonyl (C=O) groups is 1. The van der Waals surface area contributed by atoms with E-state index in [4.69, 9.17) is 5.73 Å². The zero-order valence-electron chi connectivity index (χ0n) is 13.4. The zero-order valence-corrected chi connectivity index (χ0v) is 13.4. The van der Waals surface area contributed by atoms with Crippen LogP contribution in [0.15, 0.2) is 24.3 Å². The Hall–Kier alpha value is -1.76. The summed E-state index contributed by atoms with van der Waals surface area (Å²) in [4.78, 5) is 12.5. The lowest BCUT2D eigenvalue weighted by atomic mass is 9.95. The number of carbonyl (C=O) groups excluding carboxylic acids is 1. The first-order chi connectivity index (χ1) is 11.2. The average Bonchev–Trinajstić information content (AvgIpc) is 3.37. The first kappa shape index (κ1) is 17.1. The van der Waals surface area contributed by atoms with Crippen LogP contribution in [-0.2, 0) is 4.79 Å². The van der Waals surface area contributed by atoms with Crippen LogP contribution in [0.4, 0.5) is 13.2 Å². The van der Waals surface area contributed by atoms with Gasteiger partial charge in [0.05, 0.1) is 5.54 Å². The molecule has 0 bridgehead atoms. The van der Waals surface area contributed by atoms with Crippen molar-refractivity contribution in [3.8, 4) is 5.75 Å². The highest BCUT2D eigenvalue weighted by Gasteiger charge is 2.49. The molecule has 2 aliphatic rings. The molecule has 2 fully saturated rings. The molecular weight excluding hydrogens is 321 g/mol. The second kappa shape index (κ2) is 5.95. The van der Waals surface area contributed by atoms with Crippen molar-refractivity contribution in [3.63, 3.8) is 0 Å². The van der Waals surface area contributed by atoms with Gasteiger partial charge in [-0.05, 0) is 49.7 Å². The van der Waals surface area contributed by atoms with E-state index in [-0.39, 0.29) is 23.5 Å². The minimum atomic E-state index is -4.74. The van der Waals surface area contributed by atoms with E-state index in [9.17, 15) is 18.0 Å². The molecule has 0 saturated heterocycles. The van der Waals surface area contributed by atoms with E-state index in [0.717, 1.165) is 12.8 Å². The van der Waals surface area contributed by atoms with Gasteiger partial charge in [0.2, 0.25) is 5.91 Å². The van der Waals surface area contributed by atoms with E-state index < -0.39 is 11.9 Å². The molecule has 2 aliphatic carbocycles. The van der Waals surface area contributed by atoms with E-state index in [1.165, 1.54) is 12.1 Å². The number of rotatable bonds is 6. The van der Waals surface area contributed by atoms with Gasteiger partial charge in [0.15, 0.2) is 0 Å². The van der Waals surface area contributed by atoms with Gasteiger partial charge in [-0.25, -0.2) is 0 Å². The maximum absolute atomic E-state index is 12.5. The summed E-state index contributed by atoms with van der Waals surface area (Å²) in [5.41, 5.74) is 5.80. The predicted octanol–water partition coefficient (Wildman–Crippen LogP) is 2.93. The Morgan fingerprint density at radius 1 is 1.33 bits per heavy atom. The molecule has 3 unspecified atom stereocenters. The van der Waals surface area contributed by atoms with Crippen molar-refractivity contribution in [1.29, 1.82) is 0 Å². The summed E-state index contributed by atoms with van der Waals surface area (Å²) in [6.45, 7) is 2.29. The second-order valence-corrected chi connectivity index (χ2v) is 6.92. The molecule has 4 nitrogen and oxygen atoms in total. The Morgan fingerprint density at radius 3 is 2.58 bits per heavy atom. The SMILES string of the molecule is CC(CN)(NC(=O)C1CC1c1ccccc1OC(F)(F)F)C1CC1. The first-order valence-corrected chi connectivity index (χ1v) is 8.10. The topological polar surface area (TPSA) is 64.3 Å². The van der Waals surface area contributed by atoms with E-state index in [1.54, 1.807) is 12.1 Å². The van der Waals surface area contributed by atoms with E-state index >= 15 is 0 Å². The average molecular weight is 342 g/mol. The van der Waals surface area contributed by atoms with Gasteiger partial charge in [-0.15, -0.1) is 13.2 Å². The maximum Gasteiger partial charge on any atom is 0.573 e. The number of alkyl halides is 3. The minimum absolute atomic E-state index is 0.137. The number of para-hydroxylation sites is 1. The molecule has 7 heteroatoms. The van der Waals surface area contributed by atoms with Crippen molar-refractivity contribution in [2.24, 2.45) is 17.6 Å². The highest BCUT2D eigenvalue weighted by molar-refractivity contribution is 5.84. The minimum Gasteiger partial charge on any atom is -0.405 e. The van der Waals surface area contributed by atoms with Gasteiger partial charge in [-0.1, -0.05) is 18.2 Å². The Balaban J connectivity index is 1.68. The van der Waals surface area contributed by atoms with Crippen LogP contribution in [0.3, 0.4) is 0 Å². The number of benzene rings is 1. The number of hydrogen-bond acceptors (Lipinski definition) is 3. The molecule has 0 radical (unpaired) electrons. The number of amides is 1. The molecule has 0 heterocycles. The summed E-state index contributed by atoms with van der Waals surface area (Å²) in [6.07, 6.45) is -2.13. The molecule has 0 aromatic heterocycles. The van der Waals surface area contributed by atoms with Crippen LogP contribution < -0.4 is 15.8 Å². The lowest BCUT2D eigenvalue weighted by Crippen LogP contribution is -2.53. The predicted molar refractivity (Wildman–Crippen MR) is 82.3 cm³/mol. The molecule has 0 spiro atoms. The molecule has 24 heavy (non-hydrogen) atoms. The lowest BCUT2D eigenvalue weighted by Gasteiger charge is -2.29. The van der Waals surface area contributed by atoms with Crippen LogP contribution in [0.1, 0.15) is 37.7 Å². The second-order valence-electron chi connectivity index (χ2n) is 6.92. The Labute approximate surface area is 138 Å². The molecule has 1 amide bonds. The van der Waals surface area contributed by atoms with Crippen LogP contribution in [0.5, 0.6) is 5.75 Å². The highest BCUT2D eigenvalue weighted by Crippen LogP contribution is 2.51. The Bertz CT molecular complexity index is 631. The molecule has 3 rings (SSSR count). The van der Waals surface area contributed by atoms with Gasteiger partial charge in [0.1, 0.15) is 5.75 Å². The number of nitrogens with two attached hydrogens (primary N) is 1. The van der Waals surface area contributed by atoms with Gasteiger partial charge in [0.25, 0.3) is 0 Å². The largest absolute Gasteiger partial charge is 0.573 e. The quantitative estimate of drug-likeness (QED) is 0.835. The van der Waals surface area contributed by atoms with Crippen molar-refractivity contribution in [1.82, 2.24) is 5.32 Å². The summed E-state index contributed by atoms with van der Waals surface area (Å²) in [5.74, 6) is -0.544. The van der Waals surface area contributed by atoms with Crippen molar-refractivity contribution in [3.05, 3.63) is 29.8 Å². The van der Waals surface area contributed by atoms with Crippen molar-refractivity contribution >= 4 is 5.91 Å². The summed E-state index contributed by atoms with van der Waals surface area (Å²) in [7, 11) is 0. The summed E-state index contributed by atoms with van der Waals surface area (Å²) >= 11 is 0. The van der Waals surface area contributed by atoms with Crippen LogP contribution in [0.25, 0.3) is 0 Å². The molecule has 3 atom stereocenters. The smallest absolute Gasteiger partial charge is 0.405 e. The Kier molecular flexibility index (Phi) is 4.23. The van der Waals surface area contributed by atoms with Gasteiger partial charge in [-0.2, -0.15) is 0 Å². The summed E-state index contributed by atoms with van der Waals surface area (Å²) < 4.78 is 41.6.